The average molecular weight is 366 g/mol. The van der Waals surface area contributed by atoms with Crippen molar-refractivity contribution in [1.29, 1.82) is 0 Å². The highest BCUT2D eigenvalue weighted by molar-refractivity contribution is 5.88. The first-order valence-electron chi connectivity index (χ1n) is 9.64. The van der Waals surface area contributed by atoms with Gasteiger partial charge < -0.3 is 0 Å². The van der Waals surface area contributed by atoms with Crippen LogP contribution in [-0.4, -0.2) is 0 Å². The fourth-order valence-corrected chi connectivity index (χ4v) is 3.56. The first kappa shape index (κ1) is 18.2. The van der Waals surface area contributed by atoms with Crippen molar-refractivity contribution in [3.05, 3.63) is 108 Å². The van der Waals surface area contributed by atoms with Crippen LogP contribution in [0.2, 0.25) is 0 Å². The van der Waals surface area contributed by atoms with E-state index in [-0.39, 0.29) is 5.82 Å². The lowest BCUT2D eigenvalue weighted by Gasteiger charge is -2.09. The molecule has 28 heavy (non-hydrogen) atoms. The summed E-state index contributed by atoms with van der Waals surface area (Å²) in [4.78, 5) is 0. The number of rotatable bonds is 5. The lowest BCUT2D eigenvalue weighted by molar-refractivity contribution is 0.632. The number of halogens is 1. The van der Waals surface area contributed by atoms with E-state index in [2.05, 4.69) is 43.0 Å². The first-order valence-corrected chi connectivity index (χ1v) is 9.64. The van der Waals surface area contributed by atoms with Crippen molar-refractivity contribution in [2.75, 3.05) is 0 Å². The van der Waals surface area contributed by atoms with Gasteiger partial charge in [0.25, 0.3) is 0 Å². The van der Waals surface area contributed by atoms with E-state index in [1.807, 2.05) is 49.4 Å². The molecule has 0 aliphatic heterocycles. The minimum Gasteiger partial charge on any atom is -0.206 e. The Balaban J connectivity index is 1.66. The number of benzene rings is 4. The fourth-order valence-electron chi connectivity index (χ4n) is 3.56. The molecule has 1 heteroatoms. The summed E-state index contributed by atoms with van der Waals surface area (Å²) in [5.74, 6) is -0.193. The predicted molar refractivity (Wildman–Crippen MR) is 118 cm³/mol. The molecular formula is C27H23F. The van der Waals surface area contributed by atoms with Gasteiger partial charge in [0, 0.05) is 5.56 Å². The van der Waals surface area contributed by atoms with Gasteiger partial charge in [0.1, 0.15) is 5.82 Å². The van der Waals surface area contributed by atoms with Crippen LogP contribution in [0.15, 0.2) is 91.5 Å². The second-order valence-corrected chi connectivity index (χ2v) is 7.28. The average Bonchev–Trinajstić information content (AvgIpc) is 2.72. The number of hydrogen-bond donors (Lipinski definition) is 0. The van der Waals surface area contributed by atoms with Crippen LogP contribution in [0.4, 0.5) is 4.39 Å². The number of hydrogen-bond acceptors (Lipinski definition) is 0. The molecule has 0 bridgehead atoms. The lowest BCUT2D eigenvalue weighted by Crippen LogP contribution is -1.88. The van der Waals surface area contributed by atoms with Crippen molar-refractivity contribution in [3.63, 3.8) is 0 Å². The van der Waals surface area contributed by atoms with E-state index in [0.29, 0.717) is 5.56 Å². The topological polar surface area (TPSA) is 0 Å². The zero-order chi connectivity index (χ0) is 19.5. The third kappa shape index (κ3) is 3.75. The maximum absolute atomic E-state index is 14.8. The van der Waals surface area contributed by atoms with Crippen LogP contribution in [0.1, 0.15) is 17.5 Å². The quantitative estimate of drug-likeness (QED) is 0.317. The van der Waals surface area contributed by atoms with E-state index < -0.39 is 0 Å². The van der Waals surface area contributed by atoms with Gasteiger partial charge in [-0.05, 0) is 64.9 Å². The van der Waals surface area contributed by atoms with E-state index in [1.54, 1.807) is 6.07 Å². The smallest absolute Gasteiger partial charge is 0.131 e. The van der Waals surface area contributed by atoms with Crippen molar-refractivity contribution in [3.8, 4) is 22.3 Å². The molecule has 0 unspecified atom stereocenters. The molecule has 0 nitrogen and oxygen atoms in total. The summed E-state index contributed by atoms with van der Waals surface area (Å²) < 4.78 is 14.8. The molecule has 138 valence electrons. The molecule has 4 rings (SSSR count). The molecule has 0 heterocycles. The van der Waals surface area contributed by atoms with Gasteiger partial charge >= 0.3 is 0 Å². The van der Waals surface area contributed by atoms with Gasteiger partial charge in [-0.2, -0.15) is 0 Å². The van der Waals surface area contributed by atoms with Crippen molar-refractivity contribution >= 4 is 10.8 Å². The highest BCUT2D eigenvalue weighted by Gasteiger charge is 2.08. The third-order valence-electron chi connectivity index (χ3n) is 5.21. The molecule has 4 aromatic carbocycles. The number of allylic oxidation sites excluding steroid dienone is 1. The second kappa shape index (κ2) is 7.82. The highest BCUT2D eigenvalue weighted by atomic mass is 19.1. The van der Waals surface area contributed by atoms with Crippen molar-refractivity contribution < 1.29 is 4.39 Å². The number of fused-ring (bicyclic) bond motifs is 1. The zero-order valence-corrected chi connectivity index (χ0v) is 16.1. The minimum atomic E-state index is -0.193. The third-order valence-corrected chi connectivity index (χ3v) is 5.21. The highest BCUT2D eigenvalue weighted by Crippen LogP contribution is 2.30. The summed E-state index contributed by atoms with van der Waals surface area (Å²) in [5, 5.41) is 2.38. The van der Waals surface area contributed by atoms with Crippen LogP contribution in [-0.2, 0) is 6.42 Å². The van der Waals surface area contributed by atoms with E-state index in [4.69, 9.17) is 0 Å². The molecule has 0 fully saturated rings. The Kier molecular flexibility index (Phi) is 5.08. The van der Waals surface area contributed by atoms with Gasteiger partial charge in [-0.3, -0.25) is 0 Å². The Morgan fingerprint density at radius 2 is 1.39 bits per heavy atom. The Hall–Kier alpha value is -3.19. The lowest BCUT2D eigenvalue weighted by atomic mass is 9.96. The largest absolute Gasteiger partial charge is 0.206 e. The molecule has 0 spiro atoms. The Labute approximate surface area is 166 Å². The molecule has 4 aromatic rings. The SMILES string of the molecule is C=CCCc1ccc2cc(-c3ccc(-c4ccc(C)cc4)c(F)c3)ccc2c1. The Morgan fingerprint density at radius 1 is 0.750 bits per heavy atom. The molecular weight excluding hydrogens is 343 g/mol. The molecule has 0 amide bonds. The van der Waals surface area contributed by atoms with Crippen LogP contribution >= 0.6 is 0 Å². The van der Waals surface area contributed by atoms with Crippen LogP contribution in [0.5, 0.6) is 0 Å². The van der Waals surface area contributed by atoms with Crippen LogP contribution in [0.25, 0.3) is 33.0 Å². The van der Waals surface area contributed by atoms with Crippen molar-refractivity contribution in [2.45, 2.75) is 19.8 Å². The van der Waals surface area contributed by atoms with Crippen LogP contribution < -0.4 is 0 Å². The standard InChI is InChI=1S/C27H23F/c1-3-4-5-20-8-11-23-17-24(13-12-22(23)16-20)25-14-15-26(27(28)18-25)21-9-6-19(2)7-10-21/h3,6-18H,1,4-5H2,2H3. The van der Waals surface area contributed by atoms with Gasteiger partial charge in [0.05, 0.1) is 0 Å². The number of aryl methyl sites for hydroxylation is 2. The zero-order valence-electron chi connectivity index (χ0n) is 16.1. The predicted octanol–water partition coefficient (Wildman–Crippen LogP) is 7.74. The molecule has 0 aromatic heterocycles. The van der Waals surface area contributed by atoms with Crippen molar-refractivity contribution in [1.82, 2.24) is 0 Å². The second-order valence-electron chi connectivity index (χ2n) is 7.28. The van der Waals surface area contributed by atoms with Gasteiger partial charge in [-0.15, -0.1) is 6.58 Å². The molecule has 0 radical (unpaired) electrons. The Morgan fingerprint density at radius 3 is 2.14 bits per heavy atom. The normalized spacial score (nSPS) is 10.9. The molecule has 0 atom stereocenters. The van der Waals surface area contributed by atoms with Crippen LogP contribution in [0, 0.1) is 12.7 Å². The summed E-state index contributed by atoms with van der Waals surface area (Å²) in [6, 6.07) is 26.3. The summed E-state index contributed by atoms with van der Waals surface area (Å²) in [5.41, 5.74) is 5.95. The minimum absolute atomic E-state index is 0.193. The molecule has 0 saturated heterocycles. The van der Waals surface area contributed by atoms with Gasteiger partial charge in [-0.1, -0.05) is 78.4 Å². The summed E-state index contributed by atoms with van der Waals surface area (Å²) in [7, 11) is 0. The molecule has 0 aliphatic rings. The van der Waals surface area contributed by atoms with Gasteiger partial charge in [-0.25, -0.2) is 4.39 Å². The van der Waals surface area contributed by atoms with Crippen molar-refractivity contribution in [2.24, 2.45) is 0 Å². The maximum atomic E-state index is 14.8. The monoisotopic (exact) mass is 366 g/mol. The van der Waals surface area contributed by atoms with E-state index in [9.17, 15) is 4.39 Å². The van der Waals surface area contributed by atoms with E-state index >= 15 is 0 Å². The fraction of sp³-hybridized carbons (Fsp3) is 0.111. The Bertz CT molecular complexity index is 1140. The van der Waals surface area contributed by atoms with E-state index in [1.165, 1.54) is 21.9 Å². The van der Waals surface area contributed by atoms with E-state index in [0.717, 1.165) is 29.5 Å². The van der Waals surface area contributed by atoms with Gasteiger partial charge in [0.15, 0.2) is 0 Å². The first-order chi connectivity index (χ1) is 13.6. The summed E-state index contributed by atoms with van der Waals surface area (Å²) in [6.07, 6.45) is 3.94. The maximum Gasteiger partial charge on any atom is 0.131 e. The molecule has 0 aliphatic carbocycles. The van der Waals surface area contributed by atoms with Crippen LogP contribution in [0.3, 0.4) is 0 Å². The summed E-state index contributed by atoms with van der Waals surface area (Å²) in [6.45, 7) is 5.82. The molecule has 0 N–H and O–H groups in total. The molecule has 0 saturated carbocycles. The summed E-state index contributed by atoms with van der Waals surface area (Å²) >= 11 is 0. The van der Waals surface area contributed by atoms with Gasteiger partial charge in [0.2, 0.25) is 0 Å².